The van der Waals surface area contributed by atoms with Crippen LogP contribution in [0.4, 0.5) is 11.4 Å². The fraction of sp³-hybridized carbons (Fsp3) is 0.250. The predicted octanol–water partition coefficient (Wildman–Crippen LogP) is 1.78. The molecule has 0 radical (unpaired) electrons. The van der Waals surface area contributed by atoms with E-state index in [4.69, 9.17) is 0 Å². The van der Waals surface area contributed by atoms with Gasteiger partial charge in [-0.3, -0.25) is 10.1 Å². The first-order valence-corrected chi connectivity index (χ1v) is 4.17. The van der Waals surface area contributed by atoms with E-state index in [2.05, 4.69) is 10.3 Å². The van der Waals surface area contributed by atoms with E-state index in [0.717, 1.165) is 12.2 Å². The molecule has 0 aromatic heterocycles. The van der Waals surface area contributed by atoms with Crippen LogP contribution in [0.2, 0.25) is 0 Å². The van der Waals surface area contributed by atoms with Crippen LogP contribution in [0.3, 0.4) is 0 Å². The van der Waals surface area contributed by atoms with E-state index in [1.807, 2.05) is 0 Å². The Labute approximate surface area is 80.0 Å². The predicted molar refractivity (Wildman–Crippen MR) is 50.2 cm³/mol. The van der Waals surface area contributed by atoms with Gasteiger partial charge in [0, 0.05) is 12.1 Å². The second kappa shape index (κ2) is 3.41. The summed E-state index contributed by atoms with van der Waals surface area (Å²) in [7, 11) is 0. The van der Waals surface area contributed by atoms with Crippen molar-refractivity contribution in [2.24, 2.45) is 10.3 Å². The molecule has 6 heteroatoms. The molecule has 0 atom stereocenters. The molecule has 1 aromatic carbocycles. The molecule has 0 N–H and O–H groups in total. The van der Waals surface area contributed by atoms with E-state index in [1.165, 1.54) is 12.1 Å². The van der Waals surface area contributed by atoms with E-state index in [0.29, 0.717) is 6.54 Å². The molecule has 2 rings (SSSR count). The summed E-state index contributed by atoms with van der Waals surface area (Å²) < 4.78 is 0. The number of anilines is 1. The topological polar surface area (TPSA) is 71.1 Å². The Morgan fingerprint density at radius 3 is 2.57 bits per heavy atom. The monoisotopic (exact) mass is 192 g/mol. The minimum Gasteiger partial charge on any atom is -0.258 e. The van der Waals surface area contributed by atoms with Gasteiger partial charge in [0.1, 0.15) is 0 Å². The van der Waals surface area contributed by atoms with Crippen LogP contribution in [0.15, 0.2) is 34.6 Å². The lowest BCUT2D eigenvalue weighted by Gasteiger charge is -2.10. The van der Waals surface area contributed by atoms with Gasteiger partial charge >= 0.3 is 0 Å². The van der Waals surface area contributed by atoms with Crippen molar-refractivity contribution < 1.29 is 4.92 Å². The van der Waals surface area contributed by atoms with Crippen LogP contribution in [0.1, 0.15) is 0 Å². The molecular formula is C8H8N4O2. The zero-order chi connectivity index (χ0) is 9.97. The molecule has 6 nitrogen and oxygen atoms in total. The summed E-state index contributed by atoms with van der Waals surface area (Å²) in [5, 5.41) is 19.8. The van der Waals surface area contributed by atoms with Crippen molar-refractivity contribution in [3.63, 3.8) is 0 Å². The van der Waals surface area contributed by atoms with Crippen LogP contribution in [-0.2, 0) is 0 Å². The number of rotatable bonds is 2. The molecule has 0 spiro atoms. The van der Waals surface area contributed by atoms with E-state index in [1.54, 1.807) is 17.1 Å². The molecule has 0 saturated heterocycles. The van der Waals surface area contributed by atoms with Crippen molar-refractivity contribution in [2.75, 3.05) is 18.1 Å². The maximum Gasteiger partial charge on any atom is 0.269 e. The molecule has 14 heavy (non-hydrogen) atoms. The smallest absolute Gasteiger partial charge is 0.258 e. The molecule has 1 aliphatic heterocycles. The number of hydrogen-bond donors (Lipinski definition) is 0. The fourth-order valence-electron chi connectivity index (χ4n) is 1.23. The van der Waals surface area contributed by atoms with Gasteiger partial charge in [-0.2, -0.15) is 5.11 Å². The highest BCUT2D eigenvalue weighted by Crippen LogP contribution is 2.20. The Kier molecular flexibility index (Phi) is 2.10. The Bertz CT molecular complexity index is 373. The summed E-state index contributed by atoms with van der Waals surface area (Å²) in [6, 6.07) is 6.26. The molecule has 0 fully saturated rings. The first kappa shape index (κ1) is 8.61. The first-order valence-electron chi connectivity index (χ1n) is 4.17. The number of nitrogens with zero attached hydrogens (tertiary/aromatic N) is 4. The molecule has 0 bridgehead atoms. The van der Waals surface area contributed by atoms with Gasteiger partial charge in [0.15, 0.2) is 0 Å². The summed E-state index contributed by atoms with van der Waals surface area (Å²) in [5.41, 5.74) is 0.918. The standard InChI is InChI=1S/C8H8N4O2/c13-12(14)8-3-1-7(2-4-8)11-6-5-9-10-11/h1-4H,5-6H2. The van der Waals surface area contributed by atoms with Crippen LogP contribution in [0.5, 0.6) is 0 Å². The van der Waals surface area contributed by atoms with Gasteiger partial charge in [0.25, 0.3) is 5.69 Å². The molecule has 0 unspecified atom stereocenters. The van der Waals surface area contributed by atoms with Gasteiger partial charge in [-0.25, -0.2) is 5.01 Å². The first-order chi connectivity index (χ1) is 6.77. The minimum absolute atomic E-state index is 0.0879. The molecule has 0 amide bonds. The Morgan fingerprint density at radius 1 is 1.36 bits per heavy atom. The molecular weight excluding hydrogens is 184 g/mol. The lowest BCUT2D eigenvalue weighted by atomic mass is 10.3. The third-order valence-electron chi connectivity index (χ3n) is 1.94. The van der Waals surface area contributed by atoms with E-state index in [-0.39, 0.29) is 5.69 Å². The quantitative estimate of drug-likeness (QED) is 0.529. The summed E-state index contributed by atoms with van der Waals surface area (Å²) >= 11 is 0. The highest BCUT2D eigenvalue weighted by Gasteiger charge is 2.11. The van der Waals surface area contributed by atoms with Gasteiger partial charge in [0.05, 0.1) is 23.7 Å². The van der Waals surface area contributed by atoms with Crippen LogP contribution in [0, 0.1) is 10.1 Å². The van der Waals surface area contributed by atoms with Crippen LogP contribution < -0.4 is 5.01 Å². The lowest BCUT2D eigenvalue weighted by molar-refractivity contribution is -0.384. The largest absolute Gasteiger partial charge is 0.269 e. The lowest BCUT2D eigenvalue weighted by Crippen LogP contribution is -2.13. The van der Waals surface area contributed by atoms with Crippen LogP contribution in [-0.4, -0.2) is 18.0 Å². The number of hydrogen-bond acceptors (Lipinski definition) is 5. The molecule has 1 heterocycles. The highest BCUT2D eigenvalue weighted by molar-refractivity contribution is 5.50. The van der Waals surface area contributed by atoms with Crippen molar-refractivity contribution in [1.82, 2.24) is 0 Å². The Hall–Kier alpha value is -1.98. The second-order valence-electron chi connectivity index (χ2n) is 2.85. The Balaban J connectivity index is 2.21. The maximum absolute atomic E-state index is 10.4. The van der Waals surface area contributed by atoms with Gasteiger partial charge in [-0.05, 0) is 12.1 Å². The summed E-state index contributed by atoms with van der Waals surface area (Å²) in [4.78, 5) is 9.96. The molecule has 1 aliphatic rings. The second-order valence-corrected chi connectivity index (χ2v) is 2.85. The van der Waals surface area contributed by atoms with Gasteiger partial charge in [-0.1, -0.05) is 5.22 Å². The van der Waals surface area contributed by atoms with E-state index < -0.39 is 4.92 Å². The number of non-ortho nitro benzene ring substituents is 1. The number of nitro benzene ring substituents is 1. The van der Waals surface area contributed by atoms with Gasteiger partial charge < -0.3 is 0 Å². The summed E-state index contributed by atoms with van der Waals surface area (Å²) in [5.74, 6) is 0. The van der Waals surface area contributed by atoms with Crippen molar-refractivity contribution in [3.05, 3.63) is 34.4 Å². The Morgan fingerprint density at radius 2 is 2.07 bits per heavy atom. The third-order valence-corrected chi connectivity index (χ3v) is 1.94. The van der Waals surface area contributed by atoms with Crippen molar-refractivity contribution >= 4 is 11.4 Å². The normalized spacial score (nSPS) is 14.7. The SMILES string of the molecule is O=[N+]([O-])c1ccc(N2CCN=N2)cc1. The fourth-order valence-corrected chi connectivity index (χ4v) is 1.23. The zero-order valence-corrected chi connectivity index (χ0v) is 7.33. The zero-order valence-electron chi connectivity index (χ0n) is 7.33. The van der Waals surface area contributed by atoms with Crippen LogP contribution >= 0.6 is 0 Å². The molecule has 0 saturated carbocycles. The maximum atomic E-state index is 10.4. The molecule has 72 valence electrons. The summed E-state index contributed by atoms with van der Waals surface area (Å²) in [6.07, 6.45) is 0. The minimum atomic E-state index is -0.421. The van der Waals surface area contributed by atoms with Crippen molar-refractivity contribution in [2.45, 2.75) is 0 Å². The molecule has 1 aromatic rings. The summed E-state index contributed by atoms with van der Waals surface area (Å²) in [6.45, 7) is 1.41. The average molecular weight is 192 g/mol. The third kappa shape index (κ3) is 1.54. The van der Waals surface area contributed by atoms with Gasteiger partial charge in [0.2, 0.25) is 0 Å². The number of nitro groups is 1. The van der Waals surface area contributed by atoms with Gasteiger partial charge in [-0.15, -0.1) is 0 Å². The van der Waals surface area contributed by atoms with Crippen molar-refractivity contribution in [3.8, 4) is 0 Å². The van der Waals surface area contributed by atoms with Crippen molar-refractivity contribution in [1.29, 1.82) is 0 Å². The van der Waals surface area contributed by atoms with Crippen LogP contribution in [0.25, 0.3) is 0 Å². The van der Waals surface area contributed by atoms with E-state index in [9.17, 15) is 10.1 Å². The number of benzene rings is 1. The highest BCUT2D eigenvalue weighted by atomic mass is 16.6. The molecule has 0 aliphatic carbocycles. The average Bonchev–Trinajstić information content (AvgIpc) is 2.71. The van der Waals surface area contributed by atoms with E-state index >= 15 is 0 Å².